The van der Waals surface area contributed by atoms with Crippen molar-refractivity contribution in [3.8, 4) is 5.75 Å². The Morgan fingerprint density at radius 1 is 1.15 bits per heavy atom. The maximum atomic E-state index is 14.3. The lowest BCUT2D eigenvalue weighted by Crippen LogP contribution is -2.50. The van der Waals surface area contributed by atoms with Crippen LogP contribution in [0.1, 0.15) is 87.2 Å². The first-order chi connectivity index (χ1) is 19.3. The number of fused-ring (bicyclic) bond motifs is 1. The highest BCUT2D eigenvalue weighted by atomic mass is 79.9. The molecule has 1 unspecified atom stereocenters. The van der Waals surface area contributed by atoms with Crippen molar-refractivity contribution in [1.82, 2.24) is 25.3 Å². The van der Waals surface area contributed by atoms with Gasteiger partial charge < -0.3 is 24.4 Å². The number of likely N-dealkylation sites (tertiary alicyclic amines) is 1. The van der Waals surface area contributed by atoms with Crippen LogP contribution in [0.25, 0.3) is 0 Å². The molecule has 5 rings (SSSR count). The highest BCUT2D eigenvalue weighted by Crippen LogP contribution is 2.43. The van der Waals surface area contributed by atoms with Crippen LogP contribution in [0.4, 0.5) is 0 Å². The van der Waals surface area contributed by atoms with Crippen LogP contribution in [-0.4, -0.2) is 64.3 Å². The van der Waals surface area contributed by atoms with Crippen molar-refractivity contribution in [2.75, 3.05) is 26.7 Å². The second-order valence-corrected chi connectivity index (χ2v) is 12.1. The fourth-order valence-corrected chi connectivity index (χ4v) is 6.85. The van der Waals surface area contributed by atoms with Gasteiger partial charge in [0, 0.05) is 60.9 Å². The number of carbonyl (C=O) groups is 3. The number of nitrogens with one attached hydrogen (secondary N) is 1. The Balaban J connectivity index is 1.49. The fraction of sp³-hybridized carbons (Fsp3) is 0.621. The number of halogens is 1. The summed E-state index contributed by atoms with van der Waals surface area (Å²) < 4.78 is 12.6. The van der Waals surface area contributed by atoms with Gasteiger partial charge in [0.05, 0.1) is 6.04 Å². The van der Waals surface area contributed by atoms with Crippen LogP contribution in [0, 0.1) is 11.8 Å². The molecule has 1 aromatic heterocycles. The second-order valence-electron chi connectivity index (χ2n) is 11.3. The Morgan fingerprint density at radius 2 is 1.93 bits per heavy atom. The van der Waals surface area contributed by atoms with Gasteiger partial charge in [0.2, 0.25) is 29.4 Å². The van der Waals surface area contributed by atoms with Gasteiger partial charge in [-0.15, -0.1) is 0 Å². The summed E-state index contributed by atoms with van der Waals surface area (Å²) in [7, 11) is 1.63. The number of benzene rings is 1. The molecule has 3 amide bonds. The summed E-state index contributed by atoms with van der Waals surface area (Å²) in [6.07, 6.45) is 5.23. The zero-order chi connectivity index (χ0) is 28.4. The number of amides is 3. The number of rotatable bonds is 8. The van der Waals surface area contributed by atoms with Gasteiger partial charge in [0.15, 0.2) is 6.61 Å². The number of ether oxygens (including phenoxy) is 1. The molecular weight excluding hydrogens is 578 g/mol. The number of aromatic nitrogens is 2. The van der Waals surface area contributed by atoms with E-state index >= 15 is 0 Å². The minimum atomic E-state index is -0.394. The van der Waals surface area contributed by atoms with E-state index in [2.05, 4.69) is 31.4 Å². The van der Waals surface area contributed by atoms with E-state index in [1.807, 2.05) is 35.8 Å². The summed E-state index contributed by atoms with van der Waals surface area (Å²) in [5.41, 5.74) is 1.97. The zero-order valence-electron chi connectivity index (χ0n) is 23.5. The molecule has 11 heteroatoms. The number of nitrogens with zero attached hydrogens (tertiary/aromatic N) is 4. The van der Waals surface area contributed by atoms with Gasteiger partial charge in [0.25, 0.3) is 0 Å². The van der Waals surface area contributed by atoms with Crippen molar-refractivity contribution in [3.63, 3.8) is 0 Å². The third-order valence-electron chi connectivity index (χ3n) is 8.42. The minimum absolute atomic E-state index is 0.0127. The summed E-state index contributed by atoms with van der Waals surface area (Å²) in [5, 5.41) is 6.82. The molecule has 1 N–H and O–H groups in total. The fourth-order valence-electron chi connectivity index (χ4n) is 6.31. The summed E-state index contributed by atoms with van der Waals surface area (Å²) in [6, 6.07) is 3.46. The predicted molar refractivity (Wildman–Crippen MR) is 150 cm³/mol. The highest BCUT2D eigenvalue weighted by molar-refractivity contribution is 9.10. The molecule has 0 bridgehead atoms. The Bertz CT molecular complexity index is 1260. The zero-order valence-corrected chi connectivity index (χ0v) is 25.0. The highest BCUT2D eigenvalue weighted by Gasteiger charge is 2.43. The van der Waals surface area contributed by atoms with Crippen molar-refractivity contribution >= 4 is 33.7 Å². The third kappa shape index (κ3) is 5.75. The molecule has 2 aromatic rings. The normalized spacial score (nSPS) is 22.9. The molecule has 3 heterocycles. The van der Waals surface area contributed by atoms with Gasteiger partial charge in [0.1, 0.15) is 5.75 Å². The lowest BCUT2D eigenvalue weighted by Gasteiger charge is -2.43. The van der Waals surface area contributed by atoms with E-state index in [4.69, 9.17) is 9.26 Å². The van der Waals surface area contributed by atoms with Crippen LogP contribution >= 0.6 is 15.9 Å². The SMILES string of the molecule is CNC(=O)[C@@H]1CCCCC1C(=O)N1CCc2c(Br)ccc(OCc3noc(C(C)C)n3)c2[C@H]1CN1CCCC1=O. The summed E-state index contributed by atoms with van der Waals surface area (Å²) >= 11 is 3.72. The maximum absolute atomic E-state index is 14.3. The first-order valence-corrected chi connectivity index (χ1v) is 15.1. The monoisotopic (exact) mass is 615 g/mol. The molecule has 3 aliphatic rings. The molecule has 216 valence electrons. The molecule has 1 saturated heterocycles. The topological polar surface area (TPSA) is 118 Å². The molecule has 40 heavy (non-hydrogen) atoms. The minimum Gasteiger partial charge on any atom is -0.485 e. The van der Waals surface area contributed by atoms with E-state index in [9.17, 15) is 14.4 Å². The van der Waals surface area contributed by atoms with Crippen LogP contribution in [0.3, 0.4) is 0 Å². The largest absolute Gasteiger partial charge is 0.485 e. The van der Waals surface area contributed by atoms with Crippen LogP contribution < -0.4 is 10.1 Å². The lowest BCUT2D eigenvalue weighted by molar-refractivity contribution is -0.147. The van der Waals surface area contributed by atoms with Crippen molar-refractivity contribution < 1.29 is 23.6 Å². The van der Waals surface area contributed by atoms with E-state index in [1.165, 1.54) is 0 Å². The average Bonchev–Trinajstić information content (AvgIpc) is 3.61. The summed E-state index contributed by atoms with van der Waals surface area (Å²) in [5.74, 6) is 1.05. The number of hydrogen-bond acceptors (Lipinski definition) is 7. The molecule has 3 atom stereocenters. The predicted octanol–water partition coefficient (Wildman–Crippen LogP) is 4.14. The summed E-state index contributed by atoms with van der Waals surface area (Å²) in [6.45, 7) is 5.67. The molecule has 0 radical (unpaired) electrons. The molecule has 2 aliphatic heterocycles. The van der Waals surface area contributed by atoms with Crippen LogP contribution in [-0.2, 0) is 27.4 Å². The average molecular weight is 617 g/mol. The van der Waals surface area contributed by atoms with Gasteiger partial charge >= 0.3 is 0 Å². The van der Waals surface area contributed by atoms with E-state index in [1.54, 1.807) is 7.05 Å². The molecule has 1 aliphatic carbocycles. The third-order valence-corrected chi connectivity index (χ3v) is 9.16. The Labute approximate surface area is 243 Å². The van der Waals surface area contributed by atoms with Crippen molar-refractivity contribution in [2.24, 2.45) is 11.8 Å². The Morgan fingerprint density at radius 3 is 2.60 bits per heavy atom. The molecule has 1 aromatic carbocycles. The van der Waals surface area contributed by atoms with Crippen LogP contribution in [0.2, 0.25) is 0 Å². The standard InChI is InChI=1S/C29H38BrN5O5/c1-17(2)28-32-24(33-40-28)16-39-23-11-10-21(30)20-12-14-35(22(26(20)23)15-34-13-6-9-25(34)36)29(38)19-8-5-4-7-18(19)27(37)31-3/h10-11,17-19,22H,4-9,12-16H2,1-3H3,(H,31,37)/t18-,19?,22-/m1/s1. The second kappa shape index (κ2) is 12.3. The smallest absolute Gasteiger partial charge is 0.229 e. The van der Waals surface area contributed by atoms with Crippen LogP contribution in [0.5, 0.6) is 5.75 Å². The van der Waals surface area contributed by atoms with Crippen molar-refractivity contribution in [1.29, 1.82) is 0 Å². The lowest BCUT2D eigenvalue weighted by atomic mass is 9.77. The number of hydrogen-bond donors (Lipinski definition) is 1. The van der Waals surface area contributed by atoms with Gasteiger partial charge in [-0.1, -0.05) is 47.8 Å². The van der Waals surface area contributed by atoms with Crippen molar-refractivity contribution in [2.45, 2.75) is 77.4 Å². The maximum Gasteiger partial charge on any atom is 0.229 e. The number of carbonyl (C=O) groups excluding carboxylic acids is 3. The Kier molecular flexibility index (Phi) is 8.77. The van der Waals surface area contributed by atoms with Gasteiger partial charge in [-0.3, -0.25) is 14.4 Å². The van der Waals surface area contributed by atoms with E-state index < -0.39 is 6.04 Å². The van der Waals surface area contributed by atoms with E-state index in [0.29, 0.717) is 62.8 Å². The van der Waals surface area contributed by atoms with Gasteiger partial charge in [-0.05, 0) is 43.4 Å². The molecule has 0 spiro atoms. The molecular formula is C29H38BrN5O5. The van der Waals surface area contributed by atoms with E-state index in [-0.39, 0.29) is 42.1 Å². The molecule has 2 fully saturated rings. The van der Waals surface area contributed by atoms with Gasteiger partial charge in [-0.2, -0.15) is 4.98 Å². The van der Waals surface area contributed by atoms with Gasteiger partial charge in [-0.25, -0.2) is 0 Å². The van der Waals surface area contributed by atoms with E-state index in [0.717, 1.165) is 34.9 Å². The van der Waals surface area contributed by atoms with Crippen LogP contribution in [0.15, 0.2) is 21.1 Å². The quantitative estimate of drug-likeness (QED) is 0.474. The Hall–Kier alpha value is -2.95. The molecule has 1 saturated carbocycles. The first kappa shape index (κ1) is 28.6. The first-order valence-electron chi connectivity index (χ1n) is 14.3. The van der Waals surface area contributed by atoms with Crippen molar-refractivity contribution in [3.05, 3.63) is 39.4 Å². The summed E-state index contributed by atoms with van der Waals surface area (Å²) in [4.78, 5) is 47.9. The molecule has 10 nitrogen and oxygen atoms in total.